The average Bonchev–Trinajstić information content (AvgIpc) is 2.47. The summed E-state index contributed by atoms with van der Waals surface area (Å²) in [5.41, 5.74) is 2.89. The van der Waals surface area contributed by atoms with Crippen molar-refractivity contribution >= 4 is 0 Å². The van der Waals surface area contributed by atoms with E-state index < -0.39 is 0 Å². The van der Waals surface area contributed by atoms with Crippen LogP contribution in [0, 0.1) is 17.8 Å². The largest absolute Gasteiger partial charge is 0.372 e. The molecule has 0 radical (unpaired) electrons. The van der Waals surface area contributed by atoms with Crippen molar-refractivity contribution in [2.24, 2.45) is 17.8 Å². The van der Waals surface area contributed by atoms with E-state index in [0.717, 1.165) is 30.8 Å². The van der Waals surface area contributed by atoms with Crippen molar-refractivity contribution in [1.82, 2.24) is 5.32 Å². The van der Waals surface area contributed by atoms with Gasteiger partial charge in [0.2, 0.25) is 0 Å². The van der Waals surface area contributed by atoms with Gasteiger partial charge in [0.1, 0.15) is 0 Å². The maximum atomic E-state index is 6.22. The van der Waals surface area contributed by atoms with E-state index in [4.69, 9.17) is 4.74 Å². The molecule has 1 fully saturated rings. The van der Waals surface area contributed by atoms with Crippen LogP contribution in [0.25, 0.3) is 0 Å². The second-order valence-electron chi connectivity index (χ2n) is 7.23. The molecular formula is C19H29NO. The van der Waals surface area contributed by atoms with Gasteiger partial charge in [-0.2, -0.15) is 0 Å². The number of likely N-dealkylation sites (N-methyl/N-ethyl adjacent to an activating group) is 1. The zero-order chi connectivity index (χ0) is 14.8. The van der Waals surface area contributed by atoms with Crippen molar-refractivity contribution in [3.05, 3.63) is 35.4 Å². The third kappa shape index (κ3) is 3.17. The fourth-order valence-corrected chi connectivity index (χ4v) is 4.66. The van der Waals surface area contributed by atoms with E-state index >= 15 is 0 Å². The minimum atomic E-state index is 0.224. The lowest BCUT2D eigenvalue weighted by molar-refractivity contribution is -0.00997. The summed E-state index contributed by atoms with van der Waals surface area (Å²) in [4.78, 5) is 0. The van der Waals surface area contributed by atoms with Gasteiger partial charge >= 0.3 is 0 Å². The zero-order valence-corrected chi connectivity index (χ0v) is 13.6. The van der Waals surface area contributed by atoms with Gasteiger partial charge in [-0.15, -0.1) is 0 Å². The highest BCUT2D eigenvalue weighted by atomic mass is 16.5. The lowest BCUT2D eigenvalue weighted by atomic mass is 9.71. The number of hydrogen-bond acceptors (Lipinski definition) is 2. The van der Waals surface area contributed by atoms with Gasteiger partial charge in [0.05, 0.1) is 12.7 Å². The maximum Gasteiger partial charge on any atom is 0.0983 e. The second-order valence-corrected chi connectivity index (χ2v) is 7.23. The first-order valence-electron chi connectivity index (χ1n) is 8.55. The third-order valence-corrected chi connectivity index (χ3v) is 5.41. The summed E-state index contributed by atoms with van der Waals surface area (Å²) >= 11 is 0. The lowest BCUT2D eigenvalue weighted by Crippen LogP contribution is -2.44. The maximum absolute atomic E-state index is 6.22. The molecule has 0 spiro atoms. The first kappa shape index (κ1) is 15.1. The summed E-state index contributed by atoms with van der Waals surface area (Å²) in [6.07, 6.45) is 5.33. The smallest absolute Gasteiger partial charge is 0.0983 e. The van der Waals surface area contributed by atoms with E-state index in [1.807, 2.05) is 0 Å². The van der Waals surface area contributed by atoms with Gasteiger partial charge in [0, 0.05) is 6.04 Å². The highest BCUT2D eigenvalue weighted by molar-refractivity contribution is 5.32. The van der Waals surface area contributed by atoms with Crippen LogP contribution >= 0.6 is 0 Å². The highest BCUT2D eigenvalue weighted by Gasteiger charge is 2.36. The third-order valence-electron chi connectivity index (χ3n) is 5.41. The van der Waals surface area contributed by atoms with Gasteiger partial charge in [-0.05, 0) is 61.6 Å². The summed E-state index contributed by atoms with van der Waals surface area (Å²) < 4.78 is 6.22. The predicted molar refractivity (Wildman–Crippen MR) is 87.4 cm³/mol. The van der Waals surface area contributed by atoms with Gasteiger partial charge < -0.3 is 10.1 Å². The molecule has 1 heterocycles. The van der Waals surface area contributed by atoms with Crippen LogP contribution < -0.4 is 5.32 Å². The minimum Gasteiger partial charge on any atom is -0.372 e. The summed E-state index contributed by atoms with van der Waals surface area (Å²) in [6.45, 7) is 5.67. The lowest BCUT2D eigenvalue weighted by Gasteiger charge is -2.41. The number of fused-ring (bicyclic) bond motifs is 1. The molecule has 1 aliphatic heterocycles. The molecule has 0 aromatic heterocycles. The fraction of sp³-hybridized carbons (Fsp3) is 0.684. The van der Waals surface area contributed by atoms with Crippen molar-refractivity contribution in [3.8, 4) is 0 Å². The summed E-state index contributed by atoms with van der Waals surface area (Å²) in [5, 5.41) is 3.60. The Hall–Kier alpha value is -0.860. The van der Waals surface area contributed by atoms with E-state index in [1.165, 1.54) is 30.4 Å². The Morgan fingerprint density at radius 2 is 1.81 bits per heavy atom. The Balaban J connectivity index is 1.84. The highest BCUT2D eigenvalue weighted by Crippen LogP contribution is 2.40. The molecule has 2 aliphatic rings. The zero-order valence-electron chi connectivity index (χ0n) is 13.6. The first-order chi connectivity index (χ1) is 10.2. The van der Waals surface area contributed by atoms with Crippen molar-refractivity contribution in [3.63, 3.8) is 0 Å². The number of benzene rings is 1. The number of hydrogen-bond donors (Lipinski definition) is 1. The molecule has 0 amide bonds. The average molecular weight is 287 g/mol. The topological polar surface area (TPSA) is 21.3 Å². The quantitative estimate of drug-likeness (QED) is 0.908. The molecule has 21 heavy (non-hydrogen) atoms. The van der Waals surface area contributed by atoms with E-state index in [1.54, 1.807) is 0 Å². The molecule has 0 saturated heterocycles. The summed E-state index contributed by atoms with van der Waals surface area (Å²) in [7, 11) is 2.11. The SMILES string of the molecule is CNC(C1CC(C)CC(C)C1)C1OCCc2ccccc21. The fourth-order valence-electron chi connectivity index (χ4n) is 4.66. The molecule has 0 bridgehead atoms. The van der Waals surface area contributed by atoms with E-state index in [-0.39, 0.29) is 6.10 Å². The van der Waals surface area contributed by atoms with E-state index in [2.05, 4.69) is 50.5 Å². The Labute approximate surface area is 129 Å². The normalized spacial score (nSPS) is 34.2. The molecule has 1 aliphatic carbocycles. The van der Waals surface area contributed by atoms with Crippen LogP contribution in [-0.2, 0) is 11.2 Å². The molecule has 1 N–H and O–H groups in total. The minimum absolute atomic E-state index is 0.224. The van der Waals surface area contributed by atoms with Crippen LogP contribution in [0.2, 0.25) is 0 Å². The van der Waals surface area contributed by atoms with Gasteiger partial charge in [-0.1, -0.05) is 38.1 Å². The van der Waals surface area contributed by atoms with Gasteiger partial charge in [-0.3, -0.25) is 0 Å². The molecule has 3 rings (SSSR count). The molecule has 2 nitrogen and oxygen atoms in total. The molecule has 116 valence electrons. The first-order valence-corrected chi connectivity index (χ1v) is 8.55. The van der Waals surface area contributed by atoms with Crippen molar-refractivity contribution in [2.75, 3.05) is 13.7 Å². The molecule has 4 atom stereocenters. The predicted octanol–water partition coefficient (Wildman–Crippen LogP) is 3.96. The van der Waals surface area contributed by atoms with Crippen LogP contribution in [-0.4, -0.2) is 19.7 Å². The van der Waals surface area contributed by atoms with Crippen molar-refractivity contribution in [1.29, 1.82) is 0 Å². The van der Waals surface area contributed by atoms with Crippen LogP contribution in [0.5, 0.6) is 0 Å². The Bertz CT molecular complexity index is 462. The van der Waals surface area contributed by atoms with E-state index in [9.17, 15) is 0 Å². The van der Waals surface area contributed by atoms with Crippen molar-refractivity contribution < 1.29 is 4.74 Å². The van der Waals surface area contributed by atoms with Gasteiger partial charge in [0.25, 0.3) is 0 Å². The van der Waals surface area contributed by atoms with Crippen LogP contribution in [0.4, 0.5) is 0 Å². The molecule has 1 aromatic carbocycles. The Kier molecular flexibility index (Phi) is 4.66. The van der Waals surface area contributed by atoms with E-state index in [0.29, 0.717) is 6.04 Å². The second kappa shape index (κ2) is 6.50. The molecule has 4 unspecified atom stereocenters. The summed E-state index contributed by atoms with van der Waals surface area (Å²) in [6, 6.07) is 9.28. The molecule has 2 heteroatoms. The van der Waals surface area contributed by atoms with Crippen LogP contribution in [0.3, 0.4) is 0 Å². The summed E-state index contributed by atoms with van der Waals surface area (Å²) in [5.74, 6) is 2.41. The number of nitrogens with one attached hydrogen (secondary N) is 1. The number of ether oxygens (including phenoxy) is 1. The molecule has 1 saturated carbocycles. The Morgan fingerprint density at radius 3 is 2.52 bits per heavy atom. The Morgan fingerprint density at radius 1 is 1.10 bits per heavy atom. The van der Waals surface area contributed by atoms with Gasteiger partial charge in [0.15, 0.2) is 0 Å². The van der Waals surface area contributed by atoms with Crippen LogP contribution in [0.1, 0.15) is 50.3 Å². The van der Waals surface area contributed by atoms with Crippen LogP contribution in [0.15, 0.2) is 24.3 Å². The molecular weight excluding hydrogens is 258 g/mol. The van der Waals surface area contributed by atoms with Crippen molar-refractivity contribution in [2.45, 2.75) is 51.7 Å². The van der Waals surface area contributed by atoms with Gasteiger partial charge in [-0.25, -0.2) is 0 Å². The monoisotopic (exact) mass is 287 g/mol. The number of rotatable bonds is 3. The standard InChI is InChI=1S/C19H29NO/c1-13-10-14(2)12-16(11-13)18(20-3)19-17-7-5-4-6-15(17)8-9-21-19/h4-7,13-14,16,18-20H,8-12H2,1-3H3. The molecule has 1 aromatic rings.